The van der Waals surface area contributed by atoms with Crippen molar-refractivity contribution < 1.29 is 13.2 Å². The molecule has 0 fully saturated rings. The summed E-state index contributed by atoms with van der Waals surface area (Å²) >= 11 is 0. The van der Waals surface area contributed by atoms with E-state index in [1.807, 2.05) is 120 Å². The van der Waals surface area contributed by atoms with Gasteiger partial charge in [-0.15, -0.1) is 0 Å². The van der Waals surface area contributed by atoms with E-state index in [1.54, 1.807) is 18.5 Å². The fourth-order valence-corrected chi connectivity index (χ4v) is 5.96. The molecule has 0 unspecified atom stereocenters. The van der Waals surface area contributed by atoms with Gasteiger partial charge in [0.25, 0.3) is 0 Å². The molecule has 0 aliphatic heterocycles. The van der Waals surface area contributed by atoms with E-state index >= 15 is 0 Å². The maximum absolute atomic E-state index is 14.1. The SMILES string of the molecule is FC(F)(F)c1ccc2c3ccccc3n(-c3ccc(-c4cccnc4)cc3-c3nc(-c4ccccc4)nc(-c4ccccc4)n3)c2c1. The third kappa shape index (κ3) is 5.19. The van der Waals surface area contributed by atoms with Gasteiger partial charge < -0.3 is 4.57 Å². The van der Waals surface area contributed by atoms with E-state index in [9.17, 15) is 13.2 Å². The first-order chi connectivity index (χ1) is 22.9. The summed E-state index contributed by atoms with van der Waals surface area (Å²) in [7, 11) is 0. The van der Waals surface area contributed by atoms with Crippen molar-refractivity contribution in [2.24, 2.45) is 0 Å². The Bertz CT molecular complexity index is 2330. The average Bonchev–Trinajstić information content (AvgIpc) is 3.45. The number of rotatable bonds is 5. The van der Waals surface area contributed by atoms with Gasteiger partial charge in [0.15, 0.2) is 17.5 Å². The number of pyridine rings is 1. The molecule has 5 aromatic carbocycles. The number of fused-ring (bicyclic) bond motifs is 3. The van der Waals surface area contributed by atoms with E-state index in [4.69, 9.17) is 15.0 Å². The molecule has 8 heteroatoms. The van der Waals surface area contributed by atoms with E-state index in [0.29, 0.717) is 39.6 Å². The molecule has 0 aliphatic carbocycles. The summed E-state index contributed by atoms with van der Waals surface area (Å²) in [5.74, 6) is 1.35. The first-order valence-corrected chi connectivity index (χ1v) is 15.0. The number of para-hydroxylation sites is 1. The Balaban J connectivity index is 1.47. The van der Waals surface area contributed by atoms with Gasteiger partial charge in [0, 0.05) is 45.4 Å². The zero-order valence-electron chi connectivity index (χ0n) is 24.7. The molecule has 0 spiro atoms. The number of hydrogen-bond donors (Lipinski definition) is 0. The topological polar surface area (TPSA) is 56.5 Å². The van der Waals surface area contributed by atoms with Crippen LogP contribution in [-0.4, -0.2) is 24.5 Å². The van der Waals surface area contributed by atoms with Gasteiger partial charge in [-0.05, 0) is 42.0 Å². The van der Waals surface area contributed by atoms with Crippen LogP contribution in [-0.2, 0) is 6.18 Å². The molecule has 3 aromatic heterocycles. The number of benzene rings is 5. The highest BCUT2D eigenvalue weighted by Gasteiger charge is 2.31. The molecule has 8 rings (SSSR count). The van der Waals surface area contributed by atoms with Crippen molar-refractivity contribution >= 4 is 21.8 Å². The van der Waals surface area contributed by atoms with Crippen LogP contribution in [0.25, 0.3) is 72.8 Å². The molecule has 0 saturated heterocycles. The average molecular weight is 620 g/mol. The van der Waals surface area contributed by atoms with E-state index in [2.05, 4.69) is 4.98 Å². The van der Waals surface area contributed by atoms with Gasteiger partial charge in [-0.3, -0.25) is 4.98 Å². The molecule has 8 aromatic rings. The van der Waals surface area contributed by atoms with Crippen molar-refractivity contribution in [2.75, 3.05) is 0 Å². The molecular formula is C39H24F3N5. The Morgan fingerprint density at radius 3 is 1.77 bits per heavy atom. The fraction of sp³-hybridized carbons (Fsp3) is 0.0256. The molecule has 5 nitrogen and oxygen atoms in total. The Hall–Kier alpha value is -6.15. The number of alkyl halides is 3. The lowest BCUT2D eigenvalue weighted by Gasteiger charge is -2.16. The number of halogens is 3. The highest BCUT2D eigenvalue weighted by molar-refractivity contribution is 6.10. The van der Waals surface area contributed by atoms with Gasteiger partial charge in [0.05, 0.1) is 22.3 Å². The van der Waals surface area contributed by atoms with E-state index in [1.165, 1.54) is 6.07 Å². The lowest BCUT2D eigenvalue weighted by Crippen LogP contribution is -2.06. The highest BCUT2D eigenvalue weighted by atomic mass is 19.4. The van der Waals surface area contributed by atoms with Crippen molar-refractivity contribution in [3.05, 3.63) is 151 Å². The molecule has 0 saturated carbocycles. The summed E-state index contributed by atoms with van der Waals surface area (Å²) in [5.41, 5.74) is 5.08. The summed E-state index contributed by atoms with van der Waals surface area (Å²) in [6.07, 6.45) is -1.03. The largest absolute Gasteiger partial charge is 0.416 e. The van der Waals surface area contributed by atoms with Gasteiger partial charge in [-0.2, -0.15) is 13.2 Å². The van der Waals surface area contributed by atoms with Crippen molar-refractivity contribution in [1.82, 2.24) is 24.5 Å². The number of aromatic nitrogens is 5. The van der Waals surface area contributed by atoms with Gasteiger partial charge in [0.2, 0.25) is 0 Å². The number of nitrogens with zero attached hydrogens (tertiary/aromatic N) is 5. The Labute approximate surface area is 267 Å². The summed E-state index contributed by atoms with van der Waals surface area (Å²) < 4.78 is 44.0. The Morgan fingerprint density at radius 1 is 0.489 bits per heavy atom. The van der Waals surface area contributed by atoms with Crippen molar-refractivity contribution in [1.29, 1.82) is 0 Å². The van der Waals surface area contributed by atoms with E-state index < -0.39 is 11.7 Å². The first kappa shape index (κ1) is 28.3. The van der Waals surface area contributed by atoms with Crippen molar-refractivity contribution in [3.63, 3.8) is 0 Å². The van der Waals surface area contributed by atoms with Crippen LogP contribution in [0.15, 0.2) is 146 Å². The third-order valence-corrected chi connectivity index (χ3v) is 8.17. The summed E-state index contributed by atoms with van der Waals surface area (Å²) in [4.78, 5) is 19.1. The second kappa shape index (κ2) is 11.3. The summed E-state index contributed by atoms with van der Waals surface area (Å²) in [5, 5.41) is 1.55. The predicted octanol–water partition coefficient (Wildman–Crippen LogP) is 10.1. The lowest BCUT2D eigenvalue weighted by molar-refractivity contribution is -0.137. The van der Waals surface area contributed by atoms with Crippen LogP contribution in [0.3, 0.4) is 0 Å². The second-order valence-corrected chi connectivity index (χ2v) is 11.1. The molecule has 0 amide bonds. The van der Waals surface area contributed by atoms with Crippen LogP contribution in [0, 0.1) is 0 Å². The molecule has 0 atom stereocenters. The van der Waals surface area contributed by atoms with Gasteiger partial charge >= 0.3 is 6.18 Å². The van der Waals surface area contributed by atoms with Crippen LogP contribution in [0.2, 0.25) is 0 Å². The monoisotopic (exact) mass is 619 g/mol. The highest BCUT2D eigenvalue weighted by Crippen LogP contribution is 2.40. The zero-order valence-corrected chi connectivity index (χ0v) is 24.7. The molecule has 3 heterocycles. The van der Waals surface area contributed by atoms with Crippen LogP contribution in [0.4, 0.5) is 13.2 Å². The third-order valence-electron chi connectivity index (χ3n) is 8.17. The smallest absolute Gasteiger partial charge is 0.308 e. The molecule has 226 valence electrons. The molecule has 47 heavy (non-hydrogen) atoms. The maximum atomic E-state index is 14.1. The molecule has 0 aliphatic rings. The fourth-order valence-electron chi connectivity index (χ4n) is 5.96. The van der Waals surface area contributed by atoms with E-state index in [-0.39, 0.29) is 0 Å². The Kier molecular flexibility index (Phi) is 6.83. The van der Waals surface area contributed by atoms with Gasteiger partial charge in [-0.1, -0.05) is 97.1 Å². The summed E-state index contributed by atoms with van der Waals surface area (Å²) in [6, 6.07) is 40.5. The first-order valence-electron chi connectivity index (χ1n) is 15.0. The predicted molar refractivity (Wildman–Crippen MR) is 179 cm³/mol. The Morgan fingerprint density at radius 2 is 1.11 bits per heavy atom. The van der Waals surface area contributed by atoms with Gasteiger partial charge in [0.1, 0.15) is 0 Å². The maximum Gasteiger partial charge on any atom is 0.416 e. The van der Waals surface area contributed by atoms with Crippen LogP contribution >= 0.6 is 0 Å². The van der Waals surface area contributed by atoms with Crippen LogP contribution in [0.1, 0.15) is 5.56 Å². The van der Waals surface area contributed by atoms with Crippen molar-refractivity contribution in [2.45, 2.75) is 6.18 Å². The van der Waals surface area contributed by atoms with Gasteiger partial charge in [-0.25, -0.2) is 15.0 Å². The standard InChI is InChI=1S/C39H24F3N5/c40-39(41,42)29-18-19-31-30-15-7-8-16-33(30)47(35(31)23-29)34-20-17-27(28-14-9-21-43-24-28)22-32(34)38-45-36(25-10-3-1-4-11-25)44-37(46-38)26-12-5-2-6-13-26/h1-24H. The molecule has 0 radical (unpaired) electrons. The molecule has 0 N–H and O–H groups in total. The van der Waals surface area contributed by atoms with E-state index in [0.717, 1.165) is 39.2 Å². The van der Waals surface area contributed by atoms with Crippen molar-refractivity contribution in [3.8, 4) is 51.0 Å². The molecular weight excluding hydrogens is 595 g/mol. The molecule has 0 bridgehead atoms. The minimum atomic E-state index is -4.51. The number of hydrogen-bond acceptors (Lipinski definition) is 4. The zero-order chi connectivity index (χ0) is 32.0. The normalized spacial score (nSPS) is 11.7. The minimum Gasteiger partial charge on any atom is -0.308 e. The second-order valence-electron chi connectivity index (χ2n) is 11.1. The summed E-state index contributed by atoms with van der Waals surface area (Å²) in [6.45, 7) is 0. The quantitative estimate of drug-likeness (QED) is 0.192. The minimum absolute atomic E-state index is 0.386. The van der Waals surface area contributed by atoms with Crippen LogP contribution < -0.4 is 0 Å². The lowest BCUT2D eigenvalue weighted by atomic mass is 10.0. The van der Waals surface area contributed by atoms with Crippen LogP contribution in [0.5, 0.6) is 0 Å².